The van der Waals surface area contributed by atoms with E-state index in [0.29, 0.717) is 12.2 Å². The summed E-state index contributed by atoms with van der Waals surface area (Å²) in [6.45, 7) is 8.01. The van der Waals surface area contributed by atoms with Gasteiger partial charge in [-0.05, 0) is 74.2 Å². The first-order valence-corrected chi connectivity index (χ1v) is 12.6. The third-order valence-corrected chi connectivity index (χ3v) is 6.28. The van der Waals surface area contributed by atoms with Gasteiger partial charge in [0.1, 0.15) is 11.8 Å². The number of halogens is 1. The zero-order valence-corrected chi connectivity index (χ0v) is 22.3. The molecule has 0 bridgehead atoms. The zero-order chi connectivity index (χ0) is 25.4. The highest BCUT2D eigenvalue weighted by Crippen LogP contribution is 2.20. The molecule has 5 nitrogen and oxygen atoms in total. The van der Waals surface area contributed by atoms with E-state index in [1.807, 2.05) is 100 Å². The summed E-state index contributed by atoms with van der Waals surface area (Å²) >= 11 is 3.51. The number of nitrogens with zero attached hydrogens (tertiary/aromatic N) is 1. The van der Waals surface area contributed by atoms with Gasteiger partial charge < -0.3 is 15.0 Å². The van der Waals surface area contributed by atoms with Crippen molar-refractivity contribution in [3.05, 3.63) is 99.5 Å². The molecule has 3 aromatic carbocycles. The molecule has 0 fully saturated rings. The van der Waals surface area contributed by atoms with Gasteiger partial charge in [0, 0.05) is 23.5 Å². The summed E-state index contributed by atoms with van der Waals surface area (Å²) in [7, 11) is 0. The predicted octanol–water partition coefficient (Wildman–Crippen LogP) is 5.61. The SMILES string of the molecule is Cc1ccc(OCC(=O)N(Cc2cccc(Br)c2)C(Cc2ccccc2)C(=O)NC(C)C)cc1C. The van der Waals surface area contributed by atoms with Crippen LogP contribution in [0.15, 0.2) is 77.3 Å². The molecule has 0 radical (unpaired) electrons. The van der Waals surface area contributed by atoms with E-state index in [9.17, 15) is 9.59 Å². The van der Waals surface area contributed by atoms with Crippen molar-refractivity contribution >= 4 is 27.7 Å². The monoisotopic (exact) mass is 536 g/mol. The Balaban J connectivity index is 1.91. The van der Waals surface area contributed by atoms with Crippen LogP contribution >= 0.6 is 15.9 Å². The summed E-state index contributed by atoms with van der Waals surface area (Å²) in [5.74, 6) is 0.205. The number of benzene rings is 3. The predicted molar refractivity (Wildman–Crippen MR) is 143 cm³/mol. The first-order valence-electron chi connectivity index (χ1n) is 11.8. The number of ether oxygens (including phenoxy) is 1. The Morgan fingerprint density at radius 3 is 2.29 bits per heavy atom. The lowest BCUT2D eigenvalue weighted by molar-refractivity contribution is -0.143. The lowest BCUT2D eigenvalue weighted by atomic mass is 10.0. The van der Waals surface area contributed by atoms with Gasteiger partial charge in [-0.1, -0.05) is 64.5 Å². The highest BCUT2D eigenvalue weighted by atomic mass is 79.9. The van der Waals surface area contributed by atoms with Crippen molar-refractivity contribution in [2.24, 2.45) is 0 Å². The van der Waals surface area contributed by atoms with Crippen LogP contribution in [0.1, 0.15) is 36.1 Å². The van der Waals surface area contributed by atoms with Crippen molar-refractivity contribution in [3.63, 3.8) is 0 Å². The molecule has 1 atom stereocenters. The fourth-order valence-corrected chi connectivity index (χ4v) is 4.25. The quantitative estimate of drug-likeness (QED) is 0.366. The van der Waals surface area contributed by atoms with Gasteiger partial charge in [-0.25, -0.2) is 0 Å². The van der Waals surface area contributed by atoms with Crippen molar-refractivity contribution in [2.75, 3.05) is 6.61 Å². The second-order valence-corrected chi connectivity index (χ2v) is 9.97. The Morgan fingerprint density at radius 2 is 1.63 bits per heavy atom. The van der Waals surface area contributed by atoms with Crippen molar-refractivity contribution < 1.29 is 14.3 Å². The molecule has 0 saturated heterocycles. The van der Waals surface area contributed by atoms with Gasteiger partial charge in [0.05, 0.1) is 0 Å². The Hall–Kier alpha value is -3.12. The molecule has 0 aliphatic heterocycles. The van der Waals surface area contributed by atoms with E-state index in [1.165, 1.54) is 0 Å². The molecule has 35 heavy (non-hydrogen) atoms. The Kier molecular flexibility index (Phi) is 9.49. The molecule has 3 aromatic rings. The van der Waals surface area contributed by atoms with Crippen LogP contribution in [0.25, 0.3) is 0 Å². The normalized spacial score (nSPS) is 11.7. The summed E-state index contributed by atoms with van der Waals surface area (Å²) in [5.41, 5.74) is 4.17. The molecule has 1 unspecified atom stereocenters. The molecule has 0 aliphatic rings. The second kappa shape index (κ2) is 12.5. The van der Waals surface area contributed by atoms with Crippen LogP contribution in [0.5, 0.6) is 5.75 Å². The van der Waals surface area contributed by atoms with E-state index in [0.717, 1.165) is 26.7 Å². The van der Waals surface area contributed by atoms with Gasteiger partial charge in [-0.3, -0.25) is 9.59 Å². The first-order chi connectivity index (χ1) is 16.7. The minimum atomic E-state index is -0.686. The van der Waals surface area contributed by atoms with E-state index in [1.54, 1.807) is 4.90 Å². The van der Waals surface area contributed by atoms with Crippen LogP contribution in [0, 0.1) is 13.8 Å². The van der Waals surface area contributed by atoms with Gasteiger partial charge in [0.15, 0.2) is 6.61 Å². The van der Waals surface area contributed by atoms with Crippen LogP contribution in [-0.2, 0) is 22.6 Å². The smallest absolute Gasteiger partial charge is 0.261 e. The van der Waals surface area contributed by atoms with Crippen LogP contribution < -0.4 is 10.1 Å². The standard InChI is InChI=1S/C29H33BrN2O3/c1-20(2)31-29(34)27(17-23-9-6-5-7-10-23)32(18-24-11-8-12-25(30)16-24)28(33)19-35-26-14-13-21(3)22(4)15-26/h5-16,20,27H,17-19H2,1-4H3,(H,31,34). The minimum absolute atomic E-state index is 0.0459. The molecular weight excluding hydrogens is 504 g/mol. The van der Waals surface area contributed by atoms with Crippen LogP contribution in [0.3, 0.4) is 0 Å². The summed E-state index contributed by atoms with van der Waals surface area (Å²) in [6, 6.07) is 22.6. The maximum atomic E-state index is 13.6. The van der Waals surface area contributed by atoms with Crippen molar-refractivity contribution in [1.82, 2.24) is 10.2 Å². The third kappa shape index (κ3) is 7.96. The molecule has 6 heteroatoms. The third-order valence-electron chi connectivity index (χ3n) is 5.78. The molecule has 0 saturated carbocycles. The molecular formula is C29H33BrN2O3. The van der Waals surface area contributed by atoms with E-state index in [2.05, 4.69) is 21.2 Å². The molecule has 1 N–H and O–H groups in total. The van der Waals surface area contributed by atoms with Gasteiger partial charge in [0.25, 0.3) is 5.91 Å². The molecule has 0 aromatic heterocycles. The second-order valence-electron chi connectivity index (χ2n) is 9.06. The first kappa shape index (κ1) is 26.5. The fraction of sp³-hybridized carbons (Fsp3) is 0.310. The summed E-state index contributed by atoms with van der Waals surface area (Å²) < 4.78 is 6.79. The van der Waals surface area contributed by atoms with Crippen molar-refractivity contribution in [1.29, 1.82) is 0 Å². The Morgan fingerprint density at radius 1 is 0.914 bits per heavy atom. The van der Waals surface area contributed by atoms with E-state index in [-0.39, 0.29) is 31.0 Å². The Labute approximate surface area is 216 Å². The van der Waals surface area contributed by atoms with Crippen LogP contribution in [0.2, 0.25) is 0 Å². The maximum Gasteiger partial charge on any atom is 0.261 e. The maximum absolute atomic E-state index is 13.6. The summed E-state index contributed by atoms with van der Waals surface area (Å²) in [4.78, 5) is 28.6. The number of hydrogen-bond acceptors (Lipinski definition) is 3. The zero-order valence-electron chi connectivity index (χ0n) is 20.8. The molecule has 0 heterocycles. The largest absolute Gasteiger partial charge is 0.484 e. The number of nitrogens with one attached hydrogen (secondary N) is 1. The van der Waals surface area contributed by atoms with Gasteiger partial charge in [0.2, 0.25) is 5.91 Å². The number of amides is 2. The van der Waals surface area contributed by atoms with E-state index < -0.39 is 6.04 Å². The van der Waals surface area contributed by atoms with E-state index in [4.69, 9.17) is 4.74 Å². The van der Waals surface area contributed by atoms with Gasteiger partial charge in [-0.2, -0.15) is 0 Å². The number of carbonyl (C=O) groups is 2. The number of aryl methyl sites for hydroxylation is 2. The topological polar surface area (TPSA) is 58.6 Å². The van der Waals surface area contributed by atoms with E-state index >= 15 is 0 Å². The van der Waals surface area contributed by atoms with Gasteiger partial charge in [-0.15, -0.1) is 0 Å². The highest BCUT2D eigenvalue weighted by molar-refractivity contribution is 9.10. The highest BCUT2D eigenvalue weighted by Gasteiger charge is 2.31. The molecule has 3 rings (SSSR count). The number of carbonyl (C=O) groups excluding carboxylic acids is 2. The Bertz CT molecular complexity index is 1150. The van der Waals surface area contributed by atoms with Crippen LogP contribution in [-0.4, -0.2) is 35.4 Å². The van der Waals surface area contributed by atoms with Crippen molar-refractivity contribution in [2.45, 2.75) is 52.7 Å². The summed E-state index contributed by atoms with van der Waals surface area (Å²) in [6.07, 6.45) is 0.406. The summed E-state index contributed by atoms with van der Waals surface area (Å²) in [5, 5.41) is 3.00. The molecule has 2 amide bonds. The van der Waals surface area contributed by atoms with Crippen molar-refractivity contribution in [3.8, 4) is 5.75 Å². The lowest BCUT2D eigenvalue weighted by Gasteiger charge is -2.32. The molecule has 184 valence electrons. The average Bonchev–Trinajstić information content (AvgIpc) is 2.82. The molecule has 0 spiro atoms. The number of hydrogen-bond donors (Lipinski definition) is 1. The molecule has 0 aliphatic carbocycles. The number of rotatable bonds is 10. The minimum Gasteiger partial charge on any atom is -0.484 e. The van der Waals surface area contributed by atoms with Crippen LogP contribution in [0.4, 0.5) is 0 Å². The lowest BCUT2D eigenvalue weighted by Crippen LogP contribution is -2.52. The fourth-order valence-electron chi connectivity index (χ4n) is 3.80. The average molecular weight is 537 g/mol. The van der Waals surface area contributed by atoms with Gasteiger partial charge >= 0.3 is 0 Å².